The fraction of sp³-hybridized carbons (Fsp3) is 0.500. The number of imidazole rings is 1. The maximum atomic E-state index is 12.3. The molecule has 0 spiro atoms. The Bertz CT molecular complexity index is 616. The molecule has 3 rings (SSSR count). The molecule has 1 amide bonds. The Labute approximate surface area is 129 Å². The summed E-state index contributed by atoms with van der Waals surface area (Å²) in [4.78, 5) is 20.3. The van der Waals surface area contributed by atoms with Crippen LogP contribution >= 0.6 is 11.3 Å². The van der Waals surface area contributed by atoms with Crippen molar-refractivity contribution in [3.8, 4) is 0 Å². The number of hydrogen-bond donors (Lipinski definition) is 2. The molecule has 1 aliphatic rings. The highest BCUT2D eigenvalue weighted by atomic mass is 32.1. The van der Waals surface area contributed by atoms with E-state index in [2.05, 4.69) is 34.5 Å². The zero-order valence-corrected chi connectivity index (χ0v) is 13.3. The van der Waals surface area contributed by atoms with Gasteiger partial charge in [0.25, 0.3) is 0 Å². The molecule has 1 unspecified atom stereocenters. The molecule has 0 aliphatic heterocycles. The number of thiophene rings is 1. The van der Waals surface area contributed by atoms with E-state index in [-0.39, 0.29) is 11.8 Å². The Hall–Kier alpha value is -1.62. The van der Waals surface area contributed by atoms with Crippen molar-refractivity contribution in [1.29, 1.82) is 0 Å². The number of aromatic nitrogens is 2. The van der Waals surface area contributed by atoms with Gasteiger partial charge in [-0.3, -0.25) is 4.79 Å². The Morgan fingerprint density at radius 3 is 3.14 bits per heavy atom. The zero-order chi connectivity index (χ0) is 14.8. The fourth-order valence-electron chi connectivity index (χ4n) is 2.73. The largest absolute Gasteiger partial charge is 0.352 e. The van der Waals surface area contributed by atoms with E-state index in [0.29, 0.717) is 12.5 Å². The van der Waals surface area contributed by atoms with Gasteiger partial charge < -0.3 is 10.3 Å². The van der Waals surface area contributed by atoms with Crippen molar-refractivity contribution in [3.05, 3.63) is 39.6 Å². The first kappa shape index (κ1) is 14.3. The summed E-state index contributed by atoms with van der Waals surface area (Å²) in [5.41, 5.74) is 3.48. The summed E-state index contributed by atoms with van der Waals surface area (Å²) in [6.45, 7) is 4.90. The molecule has 21 heavy (non-hydrogen) atoms. The Morgan fingerprint density at radius 2 is 2.43 bits per heavy atom. The number of fused-ring (bicyclic) bond motifs is 1. The minimum atomic E-state index is 0.0663. The highest BCUT2D eigenvalue weighted by molar-refractivity contribution is 7.07. The highest BCUT2D eigenvalue weighted by Crippen LogP contribution is 2.26. The number of aromatic amines is 1. The maximum Gasteiger partial charge on any atom is 0.223 e. The summed E-state index contributed by atoms with van der Waals surface area (Å²) in [6, 6.07) is 2.05. The molecule has 2 heterocycles. The fourth-order valence-corrected chi connectivity index (χ4v) is 3.40. The van der Waals surface area contributed by atoms with Crippen molar-refractivity contribution in [2.45, 2.75) is 45.6 Å². The Balaban J connectivity index is 1.61. The van der Waals surface area contributed by atoms with E-state index in [1.165, 1.54) is 5.56 Å². The molecule has 0 saturated heterocycles. The molecule has 0 fully saturated rings. The minimum Gasteiger partial charge on any atom is -0.352 e. The first-order chi connectivity index (χ1) is 10.1. The van der Waals surface area contributed by atoms with E-state index in [9.17, 15) is 4.79 Å². The van der Waals surface area contributed by atoms with E-state index >= 15 is 0 Å². The SMILES string of the molecule is CC(C)c1nc2c([nH]1)CC(C(=O)NCc1ccsc1)CC2. The standard InChI is InChI=1S/C16H21N3OS/c1-10(2)15-18-13-4-3-12(7-14(13)19-15)16(20)17-8-11-5-6-21-9-11/h5-6,9-10,12H,3-4,7-8H2,1-2H3,(H,17,20)(H,18,19). The summed E-state index contributed by atoms with van der Waals surface area (Å²) >= 11 is 1.66. The van der Waals surface area contributed by atoms with Gasteiger partial charge in [-0.15, -0.1) is 0 Å². The molecule has 0 saturated carbocycles. The maximum absolute atomic E-state index is 12.3. The quantitative estimate of drug-likeness (QED) is 0.912. The van der Waals surface area contributed by atoms with Gasteiger partial charge >= 0.3 is 0 Å². The monoisotopic (exact) mass is 303 g/mol. The summed E-state index contributed by atoms with van der Waals surface area (Å²) in [5.74, 6) is 1.67. The van der Waals surface area contributed by atoms with Crippen LogP contribution in [0.3, 0.4) is 0 Å². The number of rotatable bonds is 4. The van der Waals surface area contributed by atoms with Crippen LogP contribution < -0.4 is 5.32 Å². The first-order valence-electron chi connectivity index (χ1n) is 7.50. The third-order valence-corrected chi connectivity index (χ3v) is 4.76. The Morgan fingerprint density at radius 1 is 1.57 bits per heavy atom. The third kappa shape index (κ3) is 3.18. The molecule has 2 aromatic rings. The normalized spacial score (nSPS) is 17.8. The number of hydrogen-bond acceptors (Lipinski definition) is 3. The van der Waals surface area contributed by atoms with Crippen molar-refractivity contribution >= 4 is 17.2 Å². The van der Waals surface area contributed by atoms with Gasteiger partial charge in [0.1, 0.15) is 5.82 Å². The number of nitrogens with one attached hydrogen (secondary N) is 2. The molecule has 5 heteroatoms. The first-order valence-corrected chi connectivity index (χ1v) is 8.44. The van der Waals surface area contributed by atoms with Crippen molar-refractivity contribution in [2.75, 3.05) is 0 Å². The number of carbonyl (C=O) groups is 1. The van der Waals surface area contributed by atoms with E-state index < -0.39 is 0 Å². The van der Waals surface area contributed by atoms with Crippen LogP contribution in [0.2, 0.25) is 0 Å². The Kier molecular flexibility index (Phi) is 4.10. The minimum absolute atomic E-state index is 0.0663. The molecule has 0 aromatic carbocycles. The molecule has 0 bridgehead atoms. The number of amides is 1. The lowest BCUT2D eigenvalue weighted by Crippen LogP contribution is -2.33. The van der Waals surface area contributed by atoms with E-state index in [0.717, 1.165) is 36.5 Å². The van der Waals surface area contributed by atoms with Crippen LogP contribution in [0.5, 0.6) is 0 Å². The third-order valence-electron chi connectivity index (χ3n) is 4.03. The second-order valence-electron chi connectivity index (χ2n) is 5.99. The summed E-state index contributed by atoms with van der Waals surface area (Å²) in [7, 11) is 0. The predicted octanol–water partition coefficient (Wildman–Crippen LogP) is 3.02. The molecule has 4 nitrogen and oxygen atoms in total. The van der Waals surface area contributed by atoms with Gasteiger partial charge in [-0.2, -0.15) is 11.3 Å². The number of carbonyl (C=O) groups excluding carboxylic acids is 1. The second-order valence-corrected chi connectivity index (χ2v) is 6.77. The predicted molar refractivity (Wildman–Crippen MR) is 84.4 cm³/mol. The van der Waals surface area contributed by atoms with Gasteiger partial charge in [-0.1, -0.05) is 13.8 Å². The van der Waals surface area contributed by atoms with Crippen LogP contribution in [0.25, 0.3) is 0 Å². The summed E-state index contributed by atoms with van der Waals surface area (Å²) in [6.07, 6.45) is 2.57. The zero-order valence-electron chi connectivity index (χ0n) is 12.5. The summed E-state index contributed by atoms with van der Waals surface area (Å²) in [5, 5.41) is 7.16. The van der Waals surface area contributed by atoms with Gasteiger partial charge in [-0.05, 0) is 35.2 Å². The van der Waals surface area contributed by atoms with E-state index in [4.69, 9.17) is 0 Å². The number of nitrogens with zero attached hydrogens (tertiary/aromatic N) is 1. The lowest BCUT2D eigenvalue weighted by Gasteiger charge is -2.20. The second kappa shape index (κ2) is 6.02. The van der Waals surface area contributed by atoms with E-state index in [1.54, 1.807) is 11.3 Å². The lowest BCUT2D eigenvalue weighted by atomic mass is 9.89. The number of H-pyrrole nitrogens is 1. The van der Waals surface area contributed by atoms with Crippen molar-refractivity contribution in [1.82, 2.24) is 15.3 Å². The van der Waals surface area contributed by atoms with Crippen LogP contribution in [0.1, 0.15) is 49.0 Å². The molecule has 1 aliphatic carbocycles. The van der Waals surface area contributed by atoms with Crippen LogP contribution in [0.4, 0.5) is 0 Å². The van der Waals surface area contributed by atoms with Gasteiger partial charge in [0, 0.05) is 30.5 Å². The van der Waals surface area contributed by atoms with Crippen LogP contribution in [-0.2, 0) is 24.2 Å². The lowest BCUT2D eigenvalue weighted by molar-refractivity contribution is -0.125. The molecule has 112 valence electrons. The topological polar surface area (TPSA) is 57.8 Å². The van der Waals surface area contributed by atoms with Crippen molar-refractivity contribution in [2.24, 2.45) is 5.92 Å². The highest BCUT2D eigenvalue weighted by Gasteiger charge is 2.27. The van der Waals surface area contributed by atoms with Gasteiger partial charge in [-0.25, -0.2) is 4.98 Å². The van der Waals surface area contributed by atoms with Gasteiger partial charge in [0.2, 0.25) is 5.91 Å². The summed E-state index contributed by atoms with van der Waals surface area (Å²) < 4.78 is 0. The van der Waals surface area contributed by atoms with Gasteiger partial charge in [0.15, 0.2) is 0 Å². The van der Waals surface area contributed by atoms with Crippen molar-refractivity contribution < 1.29 is 4.79 Å². The average molecular weight is 303 g/mol. The molecular weight excluding hydrogens is 282 g/mol. The van der Waals surface area contributed by atoms with Crippen LogP contribution in [0.15, 0.2) is 16.8 Å². The van der Waals surface area contributed by atoms with Crippen molar-refractivity contribution in [3.63, 3.8) is 0 Å². The van der Waals surface area contributed by atoms with Crippen LogP contribution in [0, 0.1) is 5.92 Å². The molecule has 1 atom stereocenters. The smallest absolute Gasteiger partial charge is 0.223 e. The number of aryl methyl sites for hydroxylation is 1. The molecular formula is C16H21N3OS. The molecule has 0 radical (unpaired) electrons. The molecule has 2 aromatic heterocycles. The van der Waals surface area contributed by atoms with Crippen LogP contribution in [-0.4, -0.2) is 15.9 Å². The molecule has 2 N–H and O–H groups in total. The average Bonchev–Trinajstić information content (AvgIpc) is 3.12. The van der Waals surface area contributed by atoms with E-state index in [1.807, 2.05) is 11.4 Å². The van der Waals surface area contributed by atoms with Gasteiger partial charge in [0.05, 0.1) is 5.69 Å².